The van der Waals surface area contributed by atoms with Crippen LogP contribution in [0.25, 0.3) is 6.08 Å². The number of hydrogen-bond acceptors (Lipinski definition) is 6. The van der Waals surface area contributed by atoms with Gasteiger partial charge in [-0.2, -0.15) is 0 Å². The van der Waals surface area contributed by atoms with Gasteiger partial charge in [0.25, 0.3) is 11.8 Å². The Morgan fingerprint density at radius 1 is 1.12 bits per heavy atom. The molecular weight excluding hydrogens is 416 g/mol. The van der Waals surface area contributed by atoms with E-state index in [0.717, 1.165) is 16.0 Å². The number of ether oxygens (including phenoxy) is 2. The van der Waals surface area contributed by atoms with Gasteiger partial charge in [-0.1, -0.05) is 18.2 Å². The predicted molar refractivity (Wildman–Crippen MR) is 116 cm³/mol. The highest BCUT2D eigenvalue weighted by Crippen LogP contribution is 2.31. The minimum atomic E-state index is -1.14. The molecule has 1 aliphatic rings. The number of amides is 4. The fraction of sp³-hybridized carbons (Fsp3) is 0.217. The molecule has 32 heavy (non-hydrogen) atoms. The van der Waals surface area contributed by atoms with Crippen LogP contribution in [0, 0.1) is 13.8 Å². The SMILES string of the molecule is COc1cc(/C=C2/C(=O)NC(=O)N(c3cccc(C)c3C)C2=O)ccc1O[C@@H](C)C(=O)O. The Labute approximate surface area is 184 Å². The molecule has 166 valence electrons. The lowest BCUT2D eigenvalue weighted by Gasteiger charge is -2.28. The molecule has 9 heteroatoms. The molecule has 0 aliphatic carbocycles. The minimum Gasteiger partial charge on any atom is -0.493 e. The van der Waals surface area contributed by atoms with Crippen molar-refractivity contribution in [1.29, 1.82) is 0 Å². The van der Waals surface area contributed by atoms with Gasteiger partial charge in [0, 0.05) is 0 Å². The maximum atomic E-state index is 13.1. The lowest BCUT2D eigenvalue weighted by molar-refractivity contribution is -0.144. The predicted octanol–water partition coefficient (Wildman–Crippen LogP) is 2.83. The van der Waals surface area contributed by atoms with Crippen LogP contribution in [0.15, 0.2) is 42.0 Å². The third-order valence-corrected chi connectivity index (χ3v) is 5.07. The van der Waals surface area contributed by atoms with Gasteiger partial charge >= 0.3 is 12.0 Å². The van der Waals surface area contributed by atoms with Gasteiger partial charge in [0.05, 0.1) is 12.8 Å². The van der Waals surface area contributed by atoms with Crippen LogP contribution in [0.2, 0.25) is 0 Å². The monoisotopic (exact) mass is 438 g/mol. The number of carboxylic acid groups (broad SMARTS) is 1. The Hall–Kier alpha value is -4.14. The van der Waals surface area contributed by atoms with Crippen molar-refractivity contribution in [3.63, 3.8) is 0 Å². The van der Waals surface area contributed by atoms with Crippen molar-refractivity contribution in [3.05, 3.63) is 58.7 Å². The molecule has 1 aliphatic heterocycles. The van der Waals surface area contributed by atoms with Crippen molar-refractivity contribution in [1.82, 2.24) is 5.32 Å². The summed E-state index contributed by atoms with van der Waals surface area (Å²) < 4.78 is 10.6. The molecule has 2 aromatic carbocycles. The normalized spacial score (nSPS) is 16.1. The molecule has 0 unspecified atom stereocenters. The van der Waals surface area contributed by atoms with Gasteiger partial charge in [0.2, 0.25) is 0 Å². The molecule has 0 bridgehead atoms. The molecule has 2 aromatic rings. The summed E-state index contributed by atoms with van der Waals surface area (Å²) in [5, 5.41) is 11.2. The van der Waals surface area contributed by atoms with Crippen LogP contribution in [-0.4, -0.2) is 42.1 Å². The number of carboxylic acids is 1. The van der Waals surface area contributed by atoms with E-state index in [9.17, 15) is 19.2 Å². The lowest BCUT2D eigenvalue weighted by atomic mass is 10.0. The summed E-state index contributed by atoms with van der Waals surface area (Å²) in [6.07, 6.45) is 0.228. The van der Waals surface area contributed by atoms with E-state index in [1.54, 1.807) is 25.1 Å². The second-order valence-corrected chi connectivity index (χ2v) is 7.19. The summed E-state index contributed by atoms with van der Waals surface area (Å²) in [4.78, 5) is 49.9. The number of anilines is 1. The fourth-order valence-electron chi connectivity index (χ4n) is 3.13. The van der Waals surface area contributed by atoms with E-state index in [1.165, 1.54) is 32.2 Å². The van der Waals surface area contributed by atoms with Crippen LogP contribution in [0.1, 0.15) is 23.6 Å². The average Bonchev–Trinajstić information content (AvgIpc) is 2.74. The summed E-state index contributed by atoms with van der Waals surface area (Å²) in [6, 6.07) is 8.90. The standard InChI is InChI=1S/C23H22N2O7/c1-12-6-5-7-17(13(12)2)25-21(27)16(20(26)24-23(25)30)10-15-8-9-18(19(11-15)31-4)32-14(3)22(28)29/h5-11,14H,1-4H3,(H,28,29)(H,24,26,30)/b16-10-/t14-/m0/s1. The smallest absolute Gasteiger partial charge is 0.344 e. The van der Waals surface area contributed by atoms with E-state index in [0.29, 0.717) is 11.3 Å². The maximum absolute atomic E-state index is 13.1. The minimum absolute atomic E-state index is 0.191. The first-order valence-corrected chi connectivity index (χ1v) is 9.69. The highest BCUT2D eigenvalue weighted by molar-refractivity contribution is 6.39. The van der Waals surface area contributed by atoms with Gasteiger partial charge in [-0.25, -0.2) is 14.5 Å². The Morgan fingerprint density at radius 2 is 1.84 bits per heavy atom. The summed E-state index contributed by atoms with van der Waals surface area (Å²) in [5.41, 5.74) is 2.20. The summed E-state index contributed by atoms with van der Waals surface area (Å²) in [5.74, 6) is -2.31. The number of urea groups is 1. The number of nitrogens with zero attached hydrogens (tertiary/aromatic N) is 1. The molecule has 1 saturated heterocycles. The number of aryl methyl sites for hydroxylation is 1. The van der Waals surface area contributed by atoms with Crippen molar-refractivity contribution in [2.24, 2.45) is 0 Å². The number of rotatable bonds is 6. The Balaban J connectivity index is 1.99. The number of barbiturate groups is 1. The molecule has 4 amide bonds. The lowest BCUT2D eigenvalue weighted by Crippen LogP contribution is -2.54. The number of aliphatic carboxylic acids is 1. The molecule has 0 radical (unpaired) electrons. The van der Waals surface area contributed by atoms with Crippen LogP contribution in [0.3, 0.4) is 0 Å². The largest absolute Gasteiger partial charge is 0.493 e. The first kappa shape index (κ1) is 22.5. The van der Waals surface area contributed by atoms with Gasteiger partial charge in [0.15, 0.2) is 17.6 Å². The third kappa shape index (κ3) is 4.31. The highest BCUT2D eigenvalue weighted by Gasteiger charge is 2.37. The second-order valence-electron chi connectivity index (χ2n) is 7.19. The van der Waals surface area contributed by atoms with E-state index >= 15 is 0 Å². The van der Waals surface area contributed by atoms with Crippen molar-refractivity contribution < 1.29 is 33.8 Å². The Bertz CT molecular complexity index is 1150. The fourth-order valence-corrected chi connectivity index (χ4v) is 3.13. The number of hydrogen-bond donors (Lipinski definition) is 2. The van der Waals surface area contributed by atoms with E-state index in [-0.39, 0.29) is 17.1 Å². The summed E-state index contributed by atoms with van der Waals surface area (Å²) in [7, 11) is 1.38. The number of carbonyl (C=O) groups is 4. The molecule has 1 heterocycles. The summed E-state index contributed by atoms with van der Waals surface area (Å²) >= 11 is 0. The van der Waals surface area contributed by atoms with Crippen LogP contribution < -0.4 is 19.7 Å². The van der Waals surface area contributed by atoms with Crippen molar-refractivity contribution in [2.75, 3.05) is 12.0 Å². The number of methoxy groups -OCH3 is 1. The second kappa shape index (κ2) is 8.93. The van der Waals surface area contributed by atoms with Gasteiger partial charge in [-0.3, -0.25) is 14.9 Å². The molecule has 0 spiro atoms. The zero-order valence-corrected chi connectivity index (χ0v) is 18.0. The average molecular weight is 438 g/mol. The zero-order valence-electron chi connectivity index (χ0n) is 18.0. The number of benzene rings is 2. The molecule has 9 nitrogen and oxygen atoms in total. The zero-order chi connectivity index (χ0) is 23.6. The quantitative estimate of drug-likeness (QED) is 0.525. The van der Waals surface area contributed by atoms with E-state index in [4.69, 9.17) is 14.6 Å². The third-order valence-electron chi connectivity index (χ3n) is 5.07. The number of carbonyl (C=O) groups excluding carboxylic acids is 3. The molecule has 0 aromatic heterocycles. The van der Waals surface area contributed by atoms with Gasteiger partial charge < -0.3 is 14.6 Å². The van der Waals surface area contributed by atoms with Gasteiger partial charge in [0.1, 0.15) is 5.57 Å². The van der Waals surface area contributed by atoms with E-state index < -0.39 is 29.9 Å². The highest BCUT2D eigenvalue weighted by atomic mass is 16.5. The topological polar surface area (TPSA) is 122 Å². The van der Waals surface area contributed by atoms with Crippen LogP contribution in [0.4, 0.5) is 10.5 Å². The number of nitrogens with one attached hydrogen (secondary N) is 1. The Morgan fingerprint density at radius 3 is 2.50 bits per heavy atom. The first-order chi connectivity index (χ1) is 15.1. The summed E-state index contributed by atoms with van der Waals surface area (Å²) in [6.45, 7) is 5.02. The molecule has 1 fully saturated rings. The number of imide groups is 2. The van der Waals surface area contributed by atoms with Gasteiger partial charge in [-0.15, -0.1) is 0 Å². The van der Waals surface area contributed by atoms with Crippen molar-refractivity contribution >= 4 is 35.6 Å². The molecule has 3 rings (SSSR count). The van der Waals surface area contributed by atoms with Crippen molar-refractivity contribution in [3.8, 4) is 11.5 Å². The van der Waals surface area contributed by atoms with E-state index in [2.05, 4.69) is 5.32 Å². The molecular formula is C23H22N2O7. The van der Waals surface area contributed by atoms with Crippen LogP contribution in [-0.2, 0) is 14.4 Å². The van der Waals surface area contributed by atoms with Crippen LogP contribution in [0.5, 0.6) is 11.5 Å². The van der Waals surface area contributed by atoms with Crippen LogP contribution >= 0.6 is 0 Å². The Kier molecular flexibility index (Phi) is 6.29. The first-order valence-electron chi connectivity index (χ1n) is 9.69. The van der Waals surface area contributed by atoms with Gasteiger partial charge in [-0.05, 0) is 61.7 Å². The van der Waals surface area contributed by atoms with Crippen molar-refractivity contribution in [2.45, 2.75) is 26.9 Å². The van der Waals surface area contributed by atoms with E-state index in [1.807, 2.05) is 13.0 Å². The molecule has 1 atom stereocenters. The maximum Gasteiger partial charge on any atom is 0.344 e. The molecule has 2 N–H and O–H groups in total. The molecule has 0 saturated carbocycles.